The molecular weight excluding hydrogens is 1690 g/mol. The van der Waals surface area contributed by atoms with Crippen molar-refractivity contribution in [2.45, 2.75) is 95.8 Å². The molecule has 3 fully saturated rings. The molecule has 0 spiro atoms. The van der Waals surface area contributed by atoms with Gasteiger partial charge in [-0.2, -0.15) is 10.4 Å². The summed E-state index contributed by atoms with van der Waals surface area (Å²) in [7, 11) is 0. The third kappa shape index (κ3) is 14.3. The van der Waals surface area contributed by atoms with E-state index < -0.39 is 5.82 Å². The SMILES string of the molecule is N#Cc1ccc(-c2c3n(c4cccnc24)CCN(C2CC2)C3=O)cc1F.O=C1c2c(-c3ccc(Cl)cc3)c3ncccc3n2CCN1C1=NN=CC1.O=C1c2c(-c3ccc(Cl)cc3)c3ncccc3n2CCN1C1CC1.O=C1c2c(-c3ccc(Cl)cc3)c3ncccc3n2CCN1c1ncccn1.O=C1c2c(-c3ccc(Cl)cc3)c3ncccc3n2C[C@H]2CCCN12. The Hall–Kier alpha value is -14.1. The normalized spacial score (nSPS) is 16.7. The number of rotatable bonds is 8. The van der Waals surface area contributed by atoms with Crippen molar-refractivity contribution < 1.29 is 28.4 Å². The fraction of sp³-hybridized carbons (Fsp3) is 0.206. The maximum atomic E-state index is 14.2. The van der Waals surface area contributed by atoms with Crippen molar-refractivity contribution in [1.82, 2.24) is 77.3 Å². The highest BCUT2D eigenvalue weighted by Gasteiger charge is 2.44. The number of carbonyl (C=O) groups is 5. The monoisotopic (exact) mass is 1760 g/mol. The molecule has 0 bridgehead atoms. The van der Waals surface area contributed by atoms with Gasteiger partial charge in [0.05, 0.1) is 66.8 Å². The molecule has 628 valence electrons. The van der Waals surface area contributed by atoms with E-state index in [-0.39, 0.29) is 35.1 Å². The molecule has 1 atom stereocenters. The summed E-state index contributed by atoms with van der Waals surface area (Å²) in [6.07, 6.45) is 20.9. The molecule has 18 heterocycles. The van der Waals surface area contributed by atoms with Gasteiger partial charge in [-0.05, 0) is 194 Å². The summed E-state index contributed by atoms with van der Waals surface area (Å²) in [6, 6.07) is 59.0. The number of fused-ring (bicyclic) bond motifs is 16. The van der Waals surface area contributed by atoms with E-state index in [1.54, 1.807) is 71.5 Å². The number of benzene rings is 5. The molecule has 0 N–H and O–H groups in total. The van der Waals surface area contributed by atoms with Gasteiger partial charge in [-0.3, -0.25) is 58.7 Å². The number of halogens is 5. The first-order chi connectivity index (χ1) is 62.1. The Labute approximate surface area is 745 Å². The van der Waals surface area contributed by atoms with Crippen molar-refractivity contribution in [1.29, 1.82) is 5.26 Å². The predicted molar refractivity (Wildman–Crippen MR) is 488 cm³/mol. The van der Waals surface area contributed by atoms with Gasteiger partial charge >= 0.3 is 0 Å². The summed E-state index contributed by atoms with van der Waals surface area (Å²) in [4.78, 5) is 107. The van der Waals surface area contributed by atoms with Gasteiger partial charge in [0.15, 0.2) is 0 Å². The molecule has 25 nitrogen and oxygen atoms in total. The number of carbonyl (C=O) groups excluding carboxylic acids is 5. The van der Waals surface area contributed by atoms with Crippen LogP contribution in [0.5, 0.6) is 0 Å². The fourth-order valence-corrected chi connectivity index (χ4v) is 19.4. The molecule has 9 aliphatic rings. The number of anilines is 1. The molecule has 5 aromatic carbocycles. The Bertz CT molecular complexity index is 7270. The molecule has 0 radical (unpaired) electrons. The van der Waals surface area contributed by atoms with Crippen molar-refractivity contribution in [3.8, 4) is 61.7 Å². The van der Waals surface area contributed by atoms with Crippen LogP contribution in [0, 0.1) is 17.1 Å². The van der Waals surface area contributed by atoms with Crippen LogP contribution in [-0.4, -0.2) is 170 Å². The summed E-state index contributed by atoms with van der Waals surface area (Å²) < 4.78 is 24.6. The summed E-state index contributed by atoms with van der Waals surface area (Å²) in [5.74, 6) is 0.570. The van der Waals surface area contributed by atoms with Gasteiger partial charge in [0.1, 0.15) is 46.2 Å². The lowest BCUT2D eigenvalue weighted by Crippen LogP contribution is -2.44. The third-order valence-electron chi connectivity index (χ3n) is 24.9. The number of amides is 5. The second-order valence-corrected chi connectivity index (χ2v) is 34.0. The Morgan fingerprint density at radius 1 is 0.346 bits per heavy atom. The smallest absolute Gasteiger partial charge is 0.278 e. The van der Waals surface area contributed by atoms with Crippen LogP contribution in [0.1, 0.15) is 103 Å². The van der Waals surface area contributed by atoms with Crippen molar-refractivity contribution >= 4 is 149 Å². The largest absolute Gasteiger partial charge is 0.333 e. The van der Waals surface area contributed by atoms with Crippen LogP contribution in [0.2, 0.25) is 20.1 Å². The molecule has 5 amide bonds. The first kappa shape index (κ1) is 80.0. The second kappa shape index (κ2) is 33.1. The topological polar surface area (TPSA) is 265 Å². The number of hydrogen-bond acceptors (Lipinski definition) is 15. The predicted octanol–water partition coefficient (Wildman–Crippen LogP) is 18.7. The van der Waals surface area contributed by atoms with E-state index in [0.29, 0.717) is 129 Å². The standard InChI is InChI=1S/C20H14ClN5O.C20H15FN4O.C19H14ClN5O.2C19H16ClN3O/c21-14-6-4-13(5-7-14)16-17-15(3-1-8-22-17)25-11-12-26(19(27)18(16)25)20-23-9-2-10-24-20;21-15-10-12(3-4-13(15)11-22)17-18-16(2-1-7-23-18)25-9-8-24(14-5-6-14)20(26)19(17)25;20-13-5-3-12(4-6-13)16-17-14(2-1-8-21-17)24-10-11-25(19(26)18(16)24)15-7-9-22-23-15;20-13-7-5-12(6-8-13)16-17-15(4-1-9-21-17)23-11-14-3-2-10-22(14)19(24)18(16)23;20-13-5-3-12(4-6-13)16-17-15(2-1-9-21-17)23-11-10-22(14-7-8-14)19(24)18(16)23/h1-10H,11-12H2;1-4,7,10,14H,5-6,8-9H2;1-6,8-9H,7,10-11H2;1,4-9,14H,2-3,10-11H2;1-6,9,14H,7-8,10-11H2/t;;;14-;/m...1./s1. The second-order valence-electron chi connectivity index (χ2n) is 32.3. The maximum absolute atomic E-state index is 14.2. The zero-order valence-electron chi connectivity index (χ0n) is 68.1. The lowest BCUT2D eigenvalue weighted by Gasteiger charge is -2.32. The van der Waals surface area contributed by atoms with Crippen LogP contribution >= 0.6 is 46.4 Å². The average Bonchev–Trinajstić information content (AvgIpc) is 1.69. The zero-order chi connectivity index (χ0) is 86.4. The summed E-state index contributed by atoms with van der Waals surface area (Å²) in [5.41, 5.74) is 20.8. The van der Waals surface area contributed by atoms with Crippen molar-refractivity contribution in [2.75, 3.05) is 37.6 Å². The Morgan fingerprint density at radius 2 is 0.685 bits per heavy atom. The minimum atomic E-state index is -0.587. The van der Waals surface area contributed by atoms with Crippen LogP contribution in [0.25, 0.3) is 111 Å². The maximum Gasteiger partial charge on any atom is 0.278 e. The number of nitrogens with zero attached hydrogens (tertiary/aromatic N) is 20. The number of nitriles is 1. The van der Waals surface area contributed by atoms with Crippen molar-refractivity contribution in [2.24, 2.45) is 10.2 Å². The van der Waals surface area contributed by atoms with E-state index in [1.807, 2.05) is 182 Å². The van der Waals surface area contributed by atoms with Gasteiger partial charge in [-0.25, -0.2) is 14.4 Å². The zero-order valence-corrected chi connectivity index (χ0v) is 71.1. The lowest BCUT2D eigenvalue weighted by molar-refractivity contribution is 0.0669. The molecule has 1 saturated heterocycles. The van der Waals surface area contributed by atoms with Gasteiger partial charge in [0, 0.05) is 181 Å². The van der Waals surface area contributed by atoms with Crippen LogP contribution in [0.15, 0.2) is 236 Å². The van der Waals surface area contributed by atoms with E-state index in [2.05, 4.69) is 64.9 Å². The Balaban J connectivity index is 0.0000000967. The average molecular weight is 1760 g/mol. The minimum absolute atomic E-state index is 0.00924. The fourth-order valence-electron chi connectivity index (χ4n) is 18.9. The quantitative estimate of drug-likeness (QED) is 0.137. The van der Waals surface area contributed by atoms with Gasteiger partial charge in [0.25, 0.3) is 29.5 Å². The van der Waals surface area contributed by atoms with E-state index in [9.17, 15) is 28.4 Å². The third-order valence-corrected chi connectivity index (χ3v) is 25.9. The molecular formula is C97H75Cl4FN20O5. The highest BCUT2D eigenvalue weighted by molar-refractivity contribution is 6.32. The number of pyridine rings is 5. The molecule has 30 heteroatoms. The summed E-state index contributed by atoms with van der Waals surface area (Å²) in [5, 5.41) is 19.7. The van der Waals surface area contributed by atoms with E-state index in [0.717, 1.165) is 170 Å². The molecule has 16 aromatic rings. The highest BCUT2D eigenvalue weighted by Crippen LogP contribution is 2.46. The van der Waals surface area contributed by atoms with Gasteiger partial charge in [0.2, 0.25) is 5.95 Å². The van der Waals surface area contributed by atoms with Gasteiger partial charge in [-0.15, -0.1) is 5.10 Å². The number of amidine groups is 1. The first-order valence-electron chi connectivity index (χ1n) is 42.2. The molecule has 2 aliphatic carbocycles. The first-order valence-corrected chi connectivity index (χ1v) is 43.7. The molecule has 7 aliphatic heterocycles. The number of aromatic nitrogens is 12. The van der Waals surface area contributed by atoms with Gasteiger partial charge in [-0.1, -0.05) is 101 Å². The number of hydrogen-bond donors (Lipinski definition) is 0. The van der Waals surface area contributed by atoms with Crippen LogP contribution in [0.3, 0.4) is 0 Å². The van der Waals surface area contributed by atoms with Crippen LogP contribution < -0.4 is 4.90 Å². The molecule has 0 unspecified atom stereocenters. The lowest BCUT2D eigenvalue weighted by atomic mass is 10.0. The summed E-state index contributed by atoms with van der Waals surface area (Å²) >= 11 is 24.2. The van der Waals surface area contributed by atoms with Gasteiger partial charge < -0.3 is 37.5 Å². The molecule has 127 heavy (non-hydrogen) atoms. The minimum Gasteiger partial charge on any atom is -0.333 e. The highest BCUT2D eigenvalue weighted by atomic mass is 35.5. The van der Waals surface area contributed by atoms with Crippen LogP contribution in [0.4, 0.5) is 10.3 Å². The van der Waals surface area contributed by atoms with E-state index >= 15 is 0 Å². The van der Waals surface area contributed by atoms with Crippen molar-refractivity contribution in [3.05, 3.63) is 285 Å². The van der Waals surface area contributed by atoms with E-state index in [1.165, 1.54) is 12.1 Å². The summed E-state index contributed by atoms with van der Waals surface area (Å²) in [6.45, 7) is 7.15. The molecule has 11 aromatic heterocycles. The molecule has 2 saturated carbocycles. The van der Waals surface area contributed by atoms with E-state index in [4.69, 9.17) is 51.7 Å². The molecule has 25 rings (SSSR count). The Kier molecular flexibility index (Phi) is 20.9. The Morgan fingerprint density at radius 3 is 1.06 bits per heavy atom. The van der Waals surface area contributed by atoms with Crippen LogP contribution in [-0.2, 0) is 32.7 Å². The van der Waals surface area contributed by atoms with Crippen molar-refractivity contribution in [3.63, 3.8) is 0 Å².